The number of carbonyl (C=O) groups excluding carboxylic acids is 3. The lowest BCUT2D eigenvalue weighted by molar-refractivity contribution is -0.152. The van der Waals surface area contributed by atoms with Crippen LogP contribution in [0.2, 0.25) is 0 Å². The van der Waals surface area contributed by atoms with Crippen molar-refractivity contribution in [2.75, 3.05) is 7.11 Å². The van der Waals surface area contributed by atoms with Crippen LogP contribution < -0.4 is 5.32 Å². The summed E-state index contributed by atoms with van der Waals surface area (Å²) in [6.07, 6.45) is 3.98. The van der Waals surface area contributed by atoms with Gasteiger partial charge in [0.15, 0.2) is 0 Å². The zero-order chi connectivity index (χ0) is 18.7. The summed E-state index contributed by atoms with van der Waals surface area (Å²) < 4.78 is 4.79. The quantitative estimate of drug-likeness (QED) is 0.769. The summed E-state index contributed by atoms with van der Waals surface area (Å²) >= 11 is 0. The topological polar surface area (TPSA) is 75.7 Å². The second-order valence-electron chi connectivity index (χ2n) is 8.00. The minimum Gasteiger partial charge on any atom is -0.467 e. The molecule has 1 saturated carbocycles. The highest BCUT2D eigenvalue weighted by molar-refractivity contribution is 5.93. The van der Waals surface area contributed by atoms with Crippen molar-refractivity contribution in [3.63, 3.8) is 0 Å². The molecule has 0 spiro atoms. The summed E-state index contributed by atoms with van der Waals surface area (Å²) in [6, 6.07) is -1.18. The Hall–Kier alpha value is -1.59. The van der Waals surface area contributed by atoms with Gasteiger partial charge in [-0.1, -0.05) is 27.2 Å². The number of ether oxygens (including phenoxy) is 1. The van der Waals surface area contributed by atoms with E-state index in [-0.39, 0.29) is 24.3 Å². The zero-order valence-electron chi connectivity index (χ0n) is 16.1. The molecular formula is C19H32N2O4. The summed E-state index contributed by atoms with van der Waals surface area (Å²) in [5.41, 5.74) is 0. The molecule has 6 nitrogen and oxygen atoms in total. The molecule has 1 saturated heterocycles. The average molecular weight is 352 g/mol. The van der Waals surface area contributed by atoms with Crippen LogP contribution in [0.3, 0.4) is 0 Å². The van der Waals surface area contributed by atoms with E-state index >= 15 is 0 Å². The van der Waals surface area contributed by atoms with Gasteiger partial charge in [0.2, 0.25) is 11.8 Å². The van der Waals surface area contributed by atoms with Gasteiger partial charge in [-0.3, -0.25) is 9.59 Å². The first-order valence-corrected chi connectivity index (χ1v) is 9.45. The molecule has 142 valence electrons. The predicted molar refractivity (Wildman–Crippen MR) is 94.6 cm³/mol. The zero-order valence-corrected chi connectivity index (χ0v) is 16.1. The van der Waals surface area contributed by atoms with Crippen molar-refractivity contribution in [2.45, 2.75) is 77.9 Å². The van der Waals surface area contributed by atoms with Crippen LogP contribution in [0.1, 0.15) is 59.8 Å². The number of amides is 2. The van der Waals surface area contributed by atoms with E-state index in [4.69, 9.17) is 4.74 Å². The number of esters is 1. The highest BCUT2D eigenvalue weighted by Gasteiger charge is 2.42. The first kappa shape index (κ1) is 19.7. The smallest absolute Gasteiger partial charge is 0.328 e. The number of hydrogen-bond donors (Lipinski definition) is 1. The van der Waals surface area contributed by atoms with Crippen LogP contribution in [0.4, 0.5) is 0 Å². The molecule has 0 unspecified atom stereocenters. The third-order valence-electron chi connectivity index (χ3n) is 5.88. The van der Waals surface area contributed by atoms with E-state index in [0.29, 0.717) is 24.2 Å². The van der Waals surface area contributed by atoms with Gasteiger partial charge >= 0.3 is 5.97 Å². The Morgan fingerprint density at radius 1 is 1.20 bits per heavy atom. The lowest BCUT2D eigenvalue weighted by Gasteiger charge is -2.39. The molecule has 1 aliphatic carbocycles. The van der Waals surface area contributed by atoms with Gasteiger partial charge in [0.25, 0.3) is 0 Å². The Bertz CT molecular complexity index is 520. The Kier molecular flexibility index (Phi) is 6.47. The second-order valence-corrected chi connectivity index (χ2v) is 8.00. The predicted octanol–water partition coefficient (Wildman–Crippen LogP) is 2.12. The van der Waals surface area contributed by atoms with Crippen LogP contribution >= 0.6 is 0 Å². The van der Waals surface area contributed by atoms with Crippen LogP contribution in [0.25, 0.3) is 0 Å². The molecule has 5 atom stereocenters. The maximum absolute atomic E-state index is 12.8. The molecule has 0 radical (unpaired) electrons. The van der Waals surface area contributed by atoms with Gasteiger partial charge in [0.1, 0.15) is 12.1 Å². The number of nitrogens with zero attached hydrogens (tertiary/aromatic N) is 1. The van der Waals surface area contributed by atoms with Gasteiger partial charge in [0, 0.05) is 12.5 Å². The first-order chi connectivity index (χ1) is 11.8. The minimum absolute atomic E-state index is 0.132. The summed E-state index contributed by atoms with van der Waals surface area (Å²) in [6.45, 7) is 8.31. The van der Waals surface area contributed by atoms with Gasteiger partial charge in [0.05, 0.1) is 7.11 Å². The van der Waals surface area contributed by atoms with Crippen molar-refractivity contribution in [3.8, 4) is 0 Å². The fourth-order valence-electron chi connectivity index (χ4n) is 4.35. The van der Waals surface area contributed by atoms with Gasteiger partial charge < -0.3 is 15.0 Å². The number of nitrogens with one attached hydrogen (secondary N) is 1. The maximum atomic E-state index is 12.8. The monoisotopic (exact) mass is 352 g/mol. The summed E-state index contributed by atoms with van der Waals surface area (Å²) in [5, 5.41) is 3.17. The van der Waals surface area contributed by atoms with Crippen molar-refractivity contribution in [1.29, 1.82) is 0 Å². The van der Waals surface area contributed by atoms with Crippen molar-refractivity contribution in [3.05, 3.63) is 0 Å². The van der Waals surface area contributed by atoms with Crippen molar-refractivity contribution in [2.24, 2.45) is 17.8 Å². The fraction of sp³-hybridized carbons (Fsp3) is 0.842. The van der Waals surface area contributed by atoms with Crippen LogP contribution in [-0.4, -0.2) is 47.9 Å². The van der Waals surface area contributed by atoms with E-state index in [2.05, 4.69) is 26.1 Å². The molecule has 2 aliphatic rings. The molecule has 2 amide bonds. The molecule has 2 rings (SSSR count). The minimum atomic E-state index is -0.663. The summed E-state index contributed by atoms with van der Waals surface area (Å²) in [4.78, 5) is 38.3. The third kappa shape index (κ3) is 4.33. The van der Waals surface area contributed by atoms with E-state index in [0.717, 1.165) is 12.8 Å². The molecule has 1 heterocycles. The maximum Gasteiger partial charge on any atom is 0.328 e. The largest absolute Gasteiger partial charge is 0.467 e. The highest BCUT2D eigenvalue weighted by atomic mass is 16.5. The van der Waals surface area contributed by atoms with E-state index in [1.807, 2.05) is 0 Å². The summed E-state index contributed by atoms with van der Waals surface area (Å²) in [7, 11) is 1.31. The molecule has 0 bridgehead atoms. The van der Waals surface area contributed by atoms with Crippen LogP contribution in [0.15, 0.2) is 0 Å². The van der Waals surface area contributed by atoms with E-state index in [9.17, 15) is 14.4 Å². The molecule has 1 aliphatic heterocycles. The van der Waals surface area contributed by atoms with Gasteiger partial charge in [-0.25, -0.2) is 4.79 Å². The second kappa shape index (κ2) is 8.19. The van der Waals surface area contributed by atoms with Gasteiger partial charge in [-0.05, 0) is 43.9 Å². The highest BCUT2D eigenvalue weighted by Crippen LogP contribution is 2.33. The molecular weight excluding hydrogens is 320 g/mol. The third-order valence-corrected chi connectivity index (χ3v) is 5.88. The molecule has 0 aromatic carbocycles. The van der Waals surface area contributed by atoms with E-state index in [1.54, 1.807) is 6.92 Å². The van der Waals surface area contributed by atoms with Crippen LogP contribution in [0, 0.1) is 17.8 Å². The Balaban J connectivity index is 2.07. The molecule has 0 aromatic heterocycles. The molecule has 1 N–H and O–H groups in total. The van der Waals surface area contributed by atoms with Crippen LogP contribution in [-0.2, 0) is 19.1 Å². The number of rotatable bonds is 5. The molecule has 0 aromatic rings. The molecule has 6 heteroatoms. The van der Waals surface area contributed by atoms with E-state index in [1.165, 1.54) is 18.4 Å². The molecule has 25 heavy (non-hydrogen) atoms. The van der Waals surface area contributed by atoms with Crippen LogP contribution in [0.5, 0.6) is 0 Å². The Labute approximate surface area is 150 Å². The van der Waals surface area contributed by atoms with E-state index < -0.39 is 18.1 Å². The summed E-state index contributed by atoms with van der Waals surface area (Å²) in [5.74, 6) is 0.774. The van der Waals surface area contributed by atoms with Crippen molar-refractivity contribution in [1.82, 2.24) is 10.2 Å². The number of carbonyl (C=O) groups is 3. The SMILES string of the molecule is COC(=O)[C@@H]1CCC(=O)N1[C@H](C)C(=O)N[C@@H]1C[C@@H](C)CC[C@@H]1C(C)C. The van der Waals surface area contributed by atoms with Crippen molar-refractivity contribution < 1.29 is 19.1 Å². The Morgan fingerprint density at radius 3 is 2.48 bits per heavy atom. The lowest BCUT2D eigenvalue weighted by atomic mass is 9.74. The Morgan fingerprint density at radius 2 is 1.88 bits per heavy atom. The number of likely N-dealkylation sites (tertiary alicyclic amines) is 1. The first-order valence-electron chi connectivity index (χ1n) is 9.45. The van der Waals surface area contributed by atoms with Gasteiger partial charge in [-0.2, -0.15) is 0 Å². The number of hydrogen-bond acceptors (Lipinski definition) is 4. The fourth-order valence-corrected chi connectivity index (χ4v) is 4.35. The molecule has 2 fully saturated rings. The normalized spacial score (nSPS) is 31.1. The average Bonchev–Trinajstić information content (AvgIpc) is 2.94. The lowest BCUT2D eigenvalue weighted by Crippen LogP contribution is -2.55. The number of methoxy groups -OCH3 is 1. The standard InChI is InChI=1S/C19H32N2O4/c1-11(2)14-7-6-12(3)10-15(14)20-18(23)13(4)21-16(19(24)25-5)8-9-17(21)22/h11-16H,6-10H2,1-5H3,(H,20,23)/t12-,13+,14+,15+,16-/m0/s1. The van der Waals surface area contributed by atoms with Crippen molar-refractivity contribution >= 4 is 17.8 Å². The van der Waals surface area contributed by atoms with Gasteiger partial charge in [-0.15, -0.1) is 0 Å².